The molecule has 1 aliphatic heterocycles. The van der Waals surface area contributed by atoms with Gasteiger partial charge in [0.1, 0.15) is 0 Å². The molecule has 1 aromatic rings. The molecule has 0 saturated carbocycles. The van der Waals surface area contributed by atoms with Crippen LogP contribution in [0.2, 0.25) is 5.02 Å². The van der Waals surface area contributed by atoms with Crippen LogP contribution in [0.3, 0.4) is 0 Å². The van der Waals surface area contributed by atoms with Gasteiger partial charge in [-0.15, -0.1) is 0 Å². The van der Waals surface area contributed by atoms with Crippen LogP contribution in [0.5, 0.6) is 0 Å². The van der Waals surface area contributed by atoms with Crippen molar-refractivity contribution in [2.45, 2.75) is 32.4 Å². The molecule has 0 bridgehead atoms. The molecule has 0 unspecified atom stereocenters. The second kappa shape index (κ2) is 4.86. The summed E-state index contributed by atoms with van der Waals surface area (Å²) in [7, 11) is 0. The molecule has 1 aliphatic rings. The van der Waals surface area contributed by atoms with Crippen molar-refractivity contribution in [2.75, 3.05) is 6.54 Å². The molecule has 0 aliphatic carbocycles. The van der Waals surface area contributed by atoms with E-state index in [9.17, 15) is 0 Å². The molecular weight excluding hydrogens is 273 g/mol. The Morgan fingerprint density at radius 2 is 2.33 bits per heavy atom. The minimum Gasteiger partial charge on any atom is -0.296 e. The van der Waals surface area contributed by atoms with E-state index in [1.807, 2.05) is 12.1 Å². The van der Waals surface area contributed by atoms with Crippen molar-refractivity contribution in [1.29, 1.82) is 0 Å². The highest BCUT2D eigenvalue weighted by Crippen LogP contribution is 2.25. The maximum atomic E-state index is 5.92. The van der Waals surface area contributed by atoms with E-state index in [1.54, 1.807) is 0 Å². The van der Waals surface area contributed by atoms with Crippen molar-refractivity contribution in [3.05, 3.63) is 33.3 Å². The highest BCUT2D eigenvalue weighted by atomic mass is 79.9. The summed E-state index contributed by atoms with van der Waals surface area (Å²) < 4.78 is 1.12. The van der Waals surface area contributed by atoms with Crippen LogP contribution in [0.15, 0.2) is 22.7 Å². The number of hydrogen-bond acceptors (Lipinski definition) is 1. The third kappa shape index (κ3) is 2.74. The summed E-state index contributed by atoms with van der Waals surface area (Å²) in [6.07, 6.45) is 2.65. The largest absolute Gasteiger partial charge is 0.296 e. The monoisotopic (exact) mass is 287 g/mol. The predicted octanol–water partition coefficient (Wildman–Crippen LogP) is 4.09. The van der Waals surface area contributed by atoms with Gasteiger partial charge in [-0.05, 0) is 44.0 Å². The molecule has 0 amide bonds. The number of nitrogens with zero attached hydrogens (tertiary/aromatic N) is 1. The highest BCUT2D eigenvalue weighted by Gasteiger charge is 2.20. The van der Waals surface area contributed by atoms with E-state index in [2.05, 4.69) is 33.8 Å². The van der Waals surface area contributed by atoms with Gasteiger partial charge in [0.05, 0.1) is 0 Å². The van der Waals surface area contributed by atoms with Crippen LogP contribution in [0, 0.1) is 0 Å². The Hall–Kier alpha value is -0.0500. The van der Waals surface area contributed by atoms with Crippen molar-refractivity contribution >= 4 is 27.5 Å². The molecule has 0 N–H and O–H groups in total. The number of halogens is 2. The molecule has 2 rings (SSSR count). The molecule has 1 aromatic carbocycles. The van der Waals surface area contributed by atoms with Gasteiger partial charge < -0.3 is 0 Å². The van der Waals surface area contributed by atoms with Gasteiger partial charge in [-0.1, -0.05) is 33.6 Å². The summed E-state index contributed by atoms with van der Waals surface area (Å²) in [5.74, 6) is 0. The van der Waals surface area contributed by atoms with E-state index >= 15 is 0 Å². The number of benzene rings is 1. The quantitative estimate of drug-likeness (QED) is 0.792. The Morgan fingerprint density at radius 1 is 1.53 bits per heavy atom. The van der Waals surface area contributed by atoms with Crippen LogP contribution < -0.4 is 0 Å². The summed E-state index contributed by atoms with van der Waals surface area (Å²) in [5.41, 5.74) is 1.33. The smallest absolute Gasteiger partial charge is 0.0417 e. The zero-order valence-corrected chi connectivity index (χ0v) is 11.2. The molecule has 1 saturated heterocycles. The first kappa shape index (κ1) is 11.4. The fourth-order valence-corrected chi connectivity index (χ4v) is 2.90. The fraction of sp³-hybridized carbons (Fsp3) is 0.500. The zero-order valence-electron chi connectivity index (χ0n) is 8.84. The Labute approximate surface area is 105 Å². The lowest BCUT2D eigenvalue weighted by Gasteiger charge is -2.21. The second-order valence-electron chi connectivity index (χ2n) is 4.20. The highest BCUT2D eigenvalue weighted by molar-refractivity contribution is 9.10. The maximum Gasteiger partial charge on any atom is 0.0417 e. The molecule has 82 valence electrons. The molecule has 15 heavy (non-hydrogen) atoms. The standard InChI is InChI=1S/C12H15BrClN/c1-9-3-2-6-15(9)8-10-4-5-11(14)7-12(10)13/h4-5,7,9H,2-3,6,8H2,1H3/t9-/m0/s1. The van der Waals surface area contributed by atoms with Gasteiger partial charge in [-0.3, -0.25) is 4.90 Å². The van der Waals surface area contributed by atoms with Gasteiger partial charge >= 0.3 is 0 Å². The SMILES string of the molecule is C[C@H]1CCCN1Cc1ccc(Cl)cc1Br. The Morgan fingerprint density at radius 3 is 2.93 bits per heavy atom. The Bertz CT molecular complexity index is 353. The van der Waals surface area contributed by atoms with Crippen LogP contribution in [-0.4, -0.2) is 17.5 Å². The van der Waals surface area contributed by atoms with Gasteiger partial charge in [0.2, 0.25) is 0 Å². The normalized spacial score (nSPS) is 22.2. The molecule has 3 heteroatoms. The van der Waals surface area contributed by atoms with Crippen LogP contribution in [0.4, 0.5) is 0 Å². The number of likely N-dealkylation sites (tertiary alicyclic amines) is 1. The van der Waals surface area contributed by atoms with Crippen LogP contribution >= 0.6 is 27.5 Å². The molecule has 0 radical (unpaired) electrons. The maximum absolute atomic E-state index is 5.92. The average Bonchev–Trinajstić information content (AvgIpc) is 2.57. The number of rotatable bonds is 2. The van der Waals surface area contributed by atoms with Crippen molar-refractivity contribution in [2.24, 2.45) is 0 Å². The fourth-order valence-electron chi connectivity index (χ4n) is 2.10. The van der Waals surface area contributed by atoms with Crippen LogP contribution in [-0.2, 0) is 6.54 Å². The minimum absolute atomic E-state index is 0.715. The predicted molar refractivity (Wildman–Crippen MR) is 68.3 cm³/mol. The van der Waals surface area contributed by atoms with Crippen molar-refractivity contribution in [3.8, 4) is 0 Å². The van der Waals surface area contributed by atoms with E-state index in [0.29, 0.717) is 6.04 Å². The van der Waals surface area contributed by atoms with Gasteiger partial charge in [-0.2, -0.15) is 0 Å². The second-order valence-corrected chi connectivity index (χ2v) is 5.49. The van der Waals surface area contributed by atoms with E-state index in [0.717, 1.165) is 16.0 Å². The topological polar surface area (TPSA) is 3.24 Å². The van der Waals surface area contributed by atoms with Gasteiger partial charge in [0.25, 0.3) is 0 Å². The van der Waals surface area contributed by atoms with Crippen molar-refractivity contribution in [3.63, 3.8) is 0 Å². The lowest BCUT2D eigenvalue weighted by molar-refractivity contribution is 0.260. The lowest BCUT2D eigenvalue weighted by atomic mass is 10.2. The lowest BCUT2D eigenvalue weighted by Crippen LogP contribution is -2.26. The van der Waals surface area contributed by atoms with Gasteiger partial charge in [-0.25, -0.2) is 0 Å². The first-order valence-corrected chi connectivity index (χ1v) is 6.52. The third-order valence-electron chi connectivity index (χ3n) is 3.08. The summed E-state index contributed by atoms with van der Waals surface area (Å²) in [4.78, 5) is 2.52. The third-order valence-corrected chi connectivity index (χ3v) is 4.05. The van der Waals surface area contributed by atoms with E-state index in [1.165, 1.54) is 24.9 Å². The summed E-state index contributed by atoms with van der Waals surface area (Å²) >= 11 is 9.48. The van der Waals surface area contributed by atoms with Gasteiger partial charge in [0.15, 0.2) is 0 Å². The van der Waals surface area contributed by atoms with E-state index in [4.69, 9.17) is 11.6 Å². The summed E-state index contributed by atoms with van der Waals surface area (Å²) in [5, 5.41) is 0.792. The van der Waals surface area contributed by atoms with Crippen molar-refractivity contribution < 1.29 is 0 Å². The summed E-state index contributed by atoms with van der Waals surface area (Å²) in [6.45, 7) is 4.55. The average molecular weight is 289 g/mol. The molecule has 1 fully saturated rings. The van der Waals surface area contributed by atoms with Crippen LogP contribution in [0.25, 0.3) is 0 Å². The Kier molecular flexibility index (Phi) is 3.70. The molecular formula is C12H15BrClN. The molecule has 0 aromatic heterocycles. The van der Waals surface area contributed by atoms with Crippen LogP contribution in [0.1, 0.15) is 25.3 Å². The molecule has 0 spiro atoms. The summed E-state index contributed by atoms with van der Waals surface area (Å²) in [6, 6.07) is 6.75. The molecule has 1 heterocycles. The Balaban J connectivity index is 2.10. The first-order valence-electron chi connectivity index (χ1n) is 5.35. The van der Waals surface area contributed by atoms with E-state index in [-0.39, 0.29) is 0 Å². The van der Waals surface area contributed by atoms with E-state index < -0.39 is 0 Å². The van der Waals surface area contributed by atoms with Gasteiger partial charge in [0, 0.05) is 22.1 Å². The van der Waals surface area contributed by atoms with Crippen molar-refractivity contribution in [1.82, 2.24) is 4.90 Å². The molecule has 1 atom stereocenters. The number of hydrogen-bond donors (Lipinski definition) is 0. The molecule has 1 nitrogen and oxygen atoms in total. The minimum atomic E-state index is 0.715. The first-order chi connectivity index (χ1) is 7.16. The zero-order chi connectivity index (χ0) is 10.8.